The number of thiocyanates is 1. The van der Waals surface area contributed by atoms with Crippen molar-refractivity contribution >= 4 is 21.2 Å². The molecule has 0 bridgehead atoms. The van der Waals surface area contributed by atoms with Crippen LogP contribution in [0.4, 0.5) is 0 Å². The van der Waals surface area contributed by atoms with E-state index in [2.05, 4.69) is 12.6 Å². The van der Waals surface area contributed by atoms with E-state index < -0.39 is 8.60 Å². The summed E-state index contributed by atoms with van der Waals surface area (Å²) in [5, 5.41) is 8.47. The quantitative estimate of drug-likeness (QED) is 0.132. The number of nitriles is 1. The summed E-state index contributed by atoms with van der Waals surface area (Å²) in [7, 11) is -2.62. The zero-order valence-corrected chi connectivity index (χ0v) is 8.56. The van der Waals surface area contributed by atoms with Gasteiger partial charge in [-0.05, 0) is 0 Å². The molecular weight excluding hydrogens is 174 g/mol. The second kappa shape index (κ2) is 23.1. The standard InChI is InChI=1S/CHNS.H3N.Na.H3O3P/c2-1-3;;;1-4(2)3/h3H;1H3;;1-3H/q;;+1;/p-1. The van der Waals surface area contributed by atoms with Gasteiger partial charge in [0.2, 0.25) is 0 Å². The summed E-state index contributed by atoms with van der Waals surface area (Å²) in [6.45, 7) is 0. The summed E-state index contributed by atoms with van der Waals surface area (Å²) in [6, 6.07) is 0. The molecule has 0 fully saturated rings. The topological polar surface area (TPSA) is 119 Å². The van der Waals surface area contributed by atoms with Crippen LogP contribution in [0.1, 0.15) is 0 Å². The van der Waals surface area contributed by atoms with Gasteiger partial charge in [-0.3, -0.25) is 0 Å². The molecule has 0 aromatic carbocycles. The van der Waals surface area contributed by atoms with E-state index in [1.54, 1.807) is 0 Å². The van der Waals surface area contributed by atoms with Gasteiger partial charge in [0.05, 0.1) is 0 Å². The number of rotatable bonds is 0. The normalized spacial score (nSPS) is 4.78. The molecule has 0 aliphatic carbocycles. The van der Waals surface area contributed by atoms with Crippen molar-refractivity contribution in [1.29, 1.82) is 5.26 Å². The molecule has 0 aliphatic rings. The first kappa shape index (κ1) is 22.5. The molecule has 0 aromatic rings. The van der Waals surface area contributed by atoms with Gasteiger partial charge in [-0.1, -0.05) is 5.40 Å². The number of hydrogen-bond acceptors (Lipinski definition) is 6. The fourth-order valence-corrected chi connectivity index (χ4v) is 0. The smallest absolute Gasteiger partial charge is 0.696 e. The average Bonchev–Trinajstić information content (AvgIpc) is 1.33. The average molecular weight is 180 g/mol. The van der Waals surface area contributed by atoms with Crippen LogP contribution in [0.5, 0.6) is 0 Å². The van der Waals surface area contributed by atoms with Crippen LogP contribution in [-0.4, -0.2) is 14.7 Å². The molecule has 0 saturated carbocycles. The van der Waals surface area contributed by atoms with E-state index in [1.165, 1.54) is 5.40 Å². The first-order valence-electron chi connectivity index (χ1n) is 1.03. The Morgan fingerprint density at radius 2 is 1.33 bits per heavy atom. The Hall–Kier alpha value is 0.980. The van der Waals surface area contributed by atoms with Crippen molar-refractivity contribution in [1.82, 2.24) is 6.15 Å². The van der Waals surface area contributed by atoms with Crippen molar-refractivity contribution in [3.05, 3.63) is 0 Å². The van der Waals surface area contributed by atoms with Gasteiger partial charge in [-0.2, -0.15) is 0 Å². The van der Waals surface area contributed by atoms with Gasteiger partial charge in [0.25, 0.3) is 0 Å². The second-order valence-corrected chi connectivity index (χ2v) is 1.08. The predicted octanol–water partition coefficient (Wildman–Crippen LogP) is -3.63. The molecule has 0 atom stereocenters. The van der Waals surface area contributed by atoms with Gasteiger partial charge in [0.1, 0.15) is 0 Å². The molecular formula is CH6N2NaO3PS. The first-order valence-corrected chi connectivity index (χ1v) is 2.64. The monoisotopic (exact) mass is 180 g/mol. The zero-order valence-electron chi connectivity index (χ0n) is 4.85. The SMILES string of the molecule is N.N#C[S-].OP(O)O.[Na+]. The van der Waals surface area contributed by atoms with Crippen molar-refractivity contribution in [2.45, 2.75) is 0 Å². The van der Waals surface area contributed by atoms with Gasteiger partial charge >= 0.3 is 38.2 Å². The minimum absolute atomic E-state index is 0. The number of nitrogens with zero attached hydrogens (tertiary/aromatic N) is 1. The molecule has 0 radical (unpaired) electrons. The summed E-state index contributed by atoms with van der Waals surface area (Å²) < 4.78 is 0. The summed E-state index contributed by atoms with van der Waals surface area (Å²) in [5.41, 5.74) is 0. The molecule has 0 amide bonds. The number of hydrogen-bond donors (Lipinski definition) is 4. The van der Waals surface area contributed by atoms with Crippen LogP contribution in [0.2, 0.25) is 0 Å². The van der Waals surface area contributed by atoms with Crippen LogP contribution in [-0.2, 0) is 12.6 Å². The Balaban J connectivity index is -0.0000000233. The van der Waals surface area contributed by atoms with Crippen molar-refractivity contribution in [2.75, 3.05) is 0 Å². The molecule has 8 heteroatoms. The third-order valence-corrected chi connectivity index (χ3v) is 0. The van der Waals surface area contributed by atoms with Crippen LogP contribution in [0, 0.1) is 10.7 Å². The van der Waals surface area contributed by atoms with Crippen LogP contribution >= 0.6 is 8.60 Å². The molecule has 0 unspecified atom stereocenters. The van der Waals surface area contributed by atoms with Crippen molar-refractivity contribution in [3.63, 3.8) is 0 Å². The molecule has 0 spiro atoms. The molecule has 5 nitrogen and oxygen atoms in total. The summed E-state index contributed by atoms with van der Waals surface area (Å²) >= 11 is 3.70. The van der Waals surface area contributed by atoms with Crippen LogP contribution in [0.15, 0.2) is 0 Å². The van der Waals surface area contributed by atoms with Crippen molar-refractivity contribution < 1.29 is 44.2 Å². The van der Waals surface area contributed by atoms with E-state index in [0.29, 0.717) is 0 Å². The zero-order chi connectivity index (χ0) is 6.28. The third-order valence-electron chi connectivity index (χ3n) is 0. The maximum absolute atomic E-state index is 7.23. The fourth-order valence-electron chi connectivity index (χ4n) is 0. The third kappa shape index (κ3) is 456. The summed E-state index contributed by atoms with van der Waals surface area (Å²) in [6.07, 6.45) is 0. The van der Waals surface area contributed by atoms with Gasteiger partial charge in [-0.15, -0.1) is 0 Å². The minimum Gasteiger partial charge on any atom is -0.696 e. The van der Waals surface area contributed by atoms with Gasteiger partial charge < -0.3 is 33.5 Å². The van der Waals surface area contributed by atoms with E-state index in [0.717, 1.165) is 0 Å². The molecule has 0 aliphatic heterocycles. The largest absolute Gasteiger partial charge is 1.00 e. The summed E-state index contributed by atoms with van der Waals surface area (Å²) in [5.74, 6) is 0. The van der Waals surface area contributed by atoms with E-state index in [1.807, 2.05) is 0 Å². The second-order valence-electron chi connectivity index (χ2n) is 0.360. The Bertz CT molecular complexity index is 64.6. The van der Waals surface area contributed by atoms with Gasteiger partial charge in [0.15, 0.2) is 0 Å². The fraction of sp³-hybridized carbons (Fsp3) is 0. The first-order chi connectivity index (χ1) is 3.15. The van der Waals surface area contributed by atoms with Crippen LogP contribution < -0.4 is 35.7 Å². The van der Waals surface area contributed by atoms with Crippen LogP contribution in [0.25, 0.3) is 0 Å². The van der Waals surface area contributed by atoms with Crippen LogP contribution in [0.3, 0.4) is 0 Å². The molecule has 0 heterocycles. The Kier molecular flexibility index (Phi) is 57.7. The maximum Gasteiger partial charge on any atom is 1.00 e. The minimum atomic E-state index is -2.62. The molecule has 0 saturated heterocycles. The van der Waals surface area contributed by atoms with E-state index in [4.69, 9.17) is 19.9 Å². The van der Waals surface area contributed by atoms with Crippen molar-refractivity contribution in [2.24, 2.45) is 0 Å². The molecule has 0 rings (SSSR count). The molecule has 0 aromatic heterocycles. The molecule has 6 N–H and O–H groups in total. The molecule has 50 valence electrons. The Labute approximate surface area is 82.0 Å². The van der Waals surface area contributed by atoms with Crippen molar-refractivity contribution in [3.8, 4) is 5.40 Å². The van der Waals surface area contributed by atoms with E-state index in [-0.39, 0.29) is 35.7 Å². The van der Waals surface area contributed by atoms with E-state index >= 15 is 0 Å². The maximum atomic E-state index is 7.23. The van der Waals surface area contributed by atoms with E-state index in [9.17, 15) is 0 Å². The Morgan fingerprint density at radius 3 is 1.33 bits per heavy atom. The van der Waals surface area contributed by atoms with Gasteiger partial charge in [0, 0.05) is 0 Å². The molecule has 9 heavy (non-hydrogen) atoms. The predicted molar refractivity (Wildman–Crippen MR) is 31.6 cm³/mol. The Morgan fingerprint density at radius 1 is 1.33 bits per heavy atom. The van der Waals surface area contributed by atoms with Gasteiger partial charge in [-0.25, -0.2) is 5.26 Å². The summed E-state index contributed by atoms with van der Waals surface area (Å²) in [4.78, 5) is 21.7.